The largest absolute Gasteiger partial charge is 0.487 e. The highest BCUT2D eigenvalue weighted by atomic mass is 79.9. The predicted molar refractivity (Wildman–Crippen MR) is 123 cm³/mol. The van der Waals surface area contributed by atoms with Crippen molar-refractivity contribution in [2.75, 3.05) is 39.4 Å². The molecule has 1 N–H and O–H groups in total. The Morgan fingerprint density at radius 3 is 2.44 bits per heavy atom. The fraction of sp³-hybridized carbons (Fsp3) is 0.435. The van der Waals surface area contributed by atoms with Crippen LogP contribution in [0.5, 0.6) is 11.5 Å². The van der Waals surface area contributed by atoms with Gasteiger partial charge in [0.15, 0.2) is 17.7 Å². The van der Waals surface area contributed by atoms with Crippen molar-refractivity contribution in [1.82, 2.24) is 4.90 Å². The van der Waals surface area contributed by atoms with E-state index in [-0.39, 0.29) is 36.6 Å². The van der Waals surface area contributed by atoms with Gasteiger partial charge in [0, 0.05) is 34.8 Å². The third-order valence-electron chi connectivity index (χ3n) is 4.53. The highest BCUT2D eigenvalue weighted by molar-refractivity contribution is 9.10. The molecule has 11 heteroatoms. The van der Waals surface area contributed by atoms with Crippen LogP contribution in [0.4, 0.5) is 27.6 Å². The van der Waals surface area contributed by atoms with Crippen molar-refractivity contribution < 1.29 is 36.2 Å². The summed E-state index contributed by atoms with van der Waals surface area (Å²) >= 11 is 3.30. The molecule has 188 valence electrons. The number of hydrogen-bond acceptors (Lipinski definition) is 4. The lowest BCUT2D eigenvalue weighted by atomic mass is 10.1. The molecule has 34 heavy (non-hydrogen) atoms. The maximum Gasteiger partial charge on any atom is 0.272 e. The van der Waals surface area contributed by atoms with Crippen LogP contribution in [-0.4, -0.2) is 57.4 Å². The third-order valence-corrected chi connectivity index (χ3v) is 5.02. The highest BCUT2D eigenvalue weighted by Crippen LogP contribution is 2.30. The number of alkyl halides is 4. The molecule has 2 aromatic carbocycles. The number of anilines is 1. The highest BCUT2D eigenvalue weighted by Gasteiger charge is 2.19. The van der Waals surface area contributed by atoms with Crippen LogP contribution in [0.15, 0.2) is 34.8 Å². The monoisotopic (exact) mass is 552 g/mol. The molecule has 0 aliphatic rings. The first kappa shape index (κ1) is 27.8. The lowest BCUT2D eigenvalue weighted by molar-refractivity contribution is -0.116. The molecule has 0 radical (unpaired) electrons. The summed E-state index contributed by atoms with van der Waals surface area (Å²) in [6, 6.07) is 7.32. The molecule has 0 aromatic heterocycles. The number of carbonyl (C=O) groups excluding carboxylic acids is 1. The van der Waals surface area contributed by atoms with Gasteiger partial charge in [0.1, 0.15) is 25.7 Å². The summed E-state index contributed by atoms with van der Waals surface area (Å²) in [4.78, 5) is 14.2. The van der Waals surface area contributed by atoms with Crippen LogP contribution in [0.25, 0.3) is 0 Å². The minimum Gasteiger partial charge on any atom is -0.487 e. The topological polar surface area (TPSA) is 50.8 Å². The van der Waals surface area contributed by atoms with E-state index in [2.05, 4.69) is 21.2 Å². The zero-order valence-corrected chi connectivity index (χ0v) is 20.3. The van der Waals surface area contributed by atoms with Crippen LogP contribution >= 0.6 is 15.9 Å². The van der Waals surface area contributed by atoms with Gasteiger partial charge in [0.25, 0.3) is 6.43 Å². The van der Waals surface area contributed by atoms with E-state index in [0.717, 1.165) is 6.07 Å². The zero-order valence-electron chi connectivity index (χ0n) is 18.7. The molecule has 0 spiro atoms. The van der Waals surface area contributed by atoms with E-state index in [9.17, 15) is 26.7 Å². The molecule has 0 saturated heterocycles. The number of nitrogens with zero attached hydrogens (tertiary/aromatic N) is 1. The molecule has 0 bridgehead atoms. The Bertz CT molecular complexity index is 958. The van der Waals surface area contributed by atoms with E-state index in [4.69, 9.17) is 9.47 Å². The molecule has 5 nitrogen and oxygen atoms in total. The Hall–Kier alpha value is -2.40. The minimum absolute atomic E-state index is 0.0316. The van der Waals surface area contributed by atoms with Gasteiger partial charge in [0.05, 0.1) is 0 Å². The summed E-state index contributed by atoms with van der Waals surface area (Å²) in [5, 5.41) is 2.59. The van der Waals surface area contributed by atoms with Gasteiger partial charge >= 0.3 is 0 Å². The smallest absolute Gasteiger partial charge is 0.272 e. The number of rotatable bonds is 13. The summed E-state index contributed by atoms with van der Waals surface area (Å²) in [6.07, 6.45) is -3.91. The first-order chi connectivity index (χ1) is 16.1. The Kier molecular flexibility index (Phi) is 11.0. The van der Waals surface area contributed by atoms with Crippen molar-refractivity contribution in [3.05, 3.63) is 51.7 Å². The van der Waals surface area contributed by atoms with Crippen molar-refractivity contribution in [3.8, 4) is 11.5 Å². The second-order valence-electron chi connectivity index (χ2n) is 7.73. The second-order valence-corrected chi connectivity index (χ2v) is 8.65. The maximum atomic E-state index is 14.7. The maximum absolute atomic E-state index is 14.7. The average Bonchev–Trinajstić information content (AvgIpc) is 2.76. The van der Waals surface area contributed by atoms with Crippen molar-refractivity contribution in [1.29, 1.82) is 0 Å². The molecular weight excluding hydrogens is 527 g/mol. The molecule has 0 aliphatic heterocycles. The van der Waals surface area contributed by atoms with E-state index >= 15 is 0 Å². The molecule has 0 saturated carbocycles. The van der Waals surface area contributed by atoms with Gasteiger partial charge in [-0.2, -0.15) is 0 Å². The lowest BCUT2D eigenvalue weighted by Gasteiger charge is -2.20. The molecule has 1 amide bonds. The lowest BCUT2D eigenvalue weighted by Crippen LogP contribution is -2.23. The van der Waals surface area contributed by atoms with Gasteiger partial charge in [-0.25, -0.2) is 22.0 Å². The SMILES string of the molecule is CN(C)Cc1cc(NC(=O)CCc2cc(Br)ccc2OCC(F)F)cc(F)c1OC(CF)CF. The van der Waals surface area contributed by atoms with Crippen molar-refractivity contribution >= 4 is 27.5 Å². The zero-order chi connectivity index (χ0) is 25.3. The van der Waals surface area contributed by atoms with Crippen molar-refractivity contribution in [3.63, 3.8) is 0 Å². The molecule has 0 unspecified atom stereocenters. The normalized spacial score (nSPS) is 11.4. The van der Waals surface area contributed by atoms with Crippen LogP contribution in [0.1, 0.15) is 17.5 Å². The third kappa shape index (κ3) is 8.75. The van der Waals surface area contributed by atoms with E-state index in [1.165, 1.54) is 12.1 Å². The number of aryl methyl sites for hydroxylation is 1. The molecule has 0 fully saturated rings. The Morgan fingerprint density at radius 2 is 1.82 bits per heavy atom. The number of nitrogens with one attached hydrogen (secondary N) is 1. The van der Waals surface area contributed by atoms with Crippen LogP contribution < -0.4 is 14.8 Å². The van der Waals surface area contributed by atoms with Gasteiger partial charge in [-0.05, 0) is 50.3 Å². The molecular formula is C23H26BrF5N2O3. The Labute approximate surface area is 203 Å². The van der Waals surface area contributed by atoms with Gasteiger partial charge in [-0.1, -0.05) is 15.9 Å². The number of carbonyl (C=O) groups is 1. The van der Waals surface area contributed by atoms with Crippen molar-refractivity contribution in [2.24, 2.45) is 0 Å². The fourth-order valence-corrected chi connectivity index (χ4v) is 3.50. The molecule has 0 atom stereocenters. The summed E-state index contributed by atoms with van der Waals surface area (Å²) in [5.41, 5.74) is 1.01. The summed E-state index contributed by atoms with van der Waals surface area (Å²) in [7, 11) is 3.45. The quantitative estimate of drug-likeness (QED) is 0.331. The first-order valence-electron chi connectivity index (χ1n) is 10.4. The number of halogens is 6. The van der Waals surface area contributed by atoms with Crippen LogP contribution in [-0.2, 0) is 17.8 Å². The number of amides is 1. The van der Waals surface area contributed by atoms with E-state index < -0.39 is 44.2 Å². The molecule has 2 rings (SSSR count). The van der Waals surface area contributed by atoms with Crippen LogP contribution in [0.2, 0.25) is 0 Å². The molecule has 0 heterocycles. The first-order valence-corrected chi connectivity index (χ1v) is 11.2. The van der Waals surface area contributed by atoms with E-state index in [0.29, 0.717) is 15.6 Å². The van der Waals surface area contributed by atoms with E-state index in [1.54, 1.807) is 31.1 Å². The van der Waals surface area contributed by atoms with Gasteiger partial charge in [-0.15, -0.1) is 0 Å². The molecule has 0 aliphatic carbocycles. The number of hydrogen-bond donors (Lipinski definition) is 1. The Balaban J connectivity index is 2.14. The predicted octanol–water partition coefficient (Wildman–Crippen LogP) is 5.55. The minimum atomic E-state index is -2.64. The van der Waals surface area contributed by atoms with Crippen molar-refractivity contribution in [2.45, 2.75) is 31.9 Å². The van der Waals surface area contributed by atoms with Crippen LogP contribution in [0.3, 0.4) is 0 Å². The fourth-order valence-electron chi connectivity index (χ4n) is 3.09. The Morgan fingerprint density at radius 1 is 1.12 bits per heavy atom. The van der Waals surface area contributed by atoms with Gasteiger partial charge in [-0.3, -0.25) is 4.79 Å². The molecule has 2 aromatic rings. The summed E-state index contributed by atoms with van der Waals surface area (Å²) in [5.74, 6) is -1.35. The van der Waals surface area contributed by atoms with Gasteiger partial charge < -0.3 is 19.7 Å². The number of ether oxygens (including phenoxy) is 2. The summed E-state index contributed by atoms with van der Waals surface area (Å²) < 4.78 is 76.4. The van der Waals surface area contributed by atoms with Gasteiger partial charge in [0.2, 0.25) is 5.91 Å². The average molecular weight is 553 g/mol. The second kappa shape index (κ2) is 13.5. The van der Waals surface area contributed by atoms with E-state index in [1.807, 2.05) is 0 Å². The number of benzene rings is 2. The summed E-state index contributed by atoms with van der Waals surface area (Å²) in [6.45, 7) is -2.80. The standard InChI is InChI=1S/C23H26BrF5N2O3/c1-31(2)12-15-8-17(9-19(27)23(15)34-18(10-25)11-26)30-22(32)6-3-14-7-16(24)4-5-20(14)33-13-21(28)29/h4-5,7-9,18,21H,3,6,10-13H2,1-2H3,(H,30,32). The van der Waals surface area contributed by atoms with Crippen LogP contribution in [0, 0.1) is 5.82 Å².